The highest BCUT2D eigenvalue weighted by atomic mass is 16.3. The molecule has 1 aliphatic heterocycles. The number of aliphatic hydroxyl groups is 1. The number of hydrogen-bond acceptors (Lipinski definition) is 2. The molecule has 1 N–H and O–H groups in total. The van der Waals surface area contributed by atoms with Gasteiger partial charge in [0.15, 0.2) is 11.7 Å². The second kappa shape index (κ2) is 7.24. The minimum absolute atomic E-state index is 0.0388. The van der Waals surface area contributed by atoms with Gasteiger partial charge in [0.1, 0.15) is 0 Å². The lowest BCUT2D eigenvalue weighted by Crippen LogP contribution is -2.77. The Balaban J connectivity index is 1.67. The number of hydrogen-bond donors (Lipinski definition) is 1. The molecule has 3 unspecified atom stereocenters. The molecular formula is C35H41N2O+. The molecule has 0 amide bonds. The van der Waals surface area contributed by atoms with Crippen LogP contribution in [0.4, 0.5) is 0 Å². The number of rotatable bonds is 3. The van der Waals surface area contributed by atoms with Crippen LogP contribution in [-0.4, -0.2) is 16.7 Å². The lowest BCUT2D eigenvalue weighted by Gasteiger charge is -2.61. The predicted octanol–water partition coefficient (Wildman–Crippen LogP) is 7.27. The predicted molar refractivity (Wildman–Crippen MR) is 156 cm³/mol. The van der Waals surface area contributed by atoms with Crippen LogP contribution in [0.1, 0.15) is 89.1 Å². The van der Waals surface area contributed by atoms with E-state index in [-0.39, 0.29) is 28.4 Å². The summed E-state index contributed by atoms with van der Waals surface area (Å²) >= 11 is 0. The average Bonchev–Trinajstić information content (AvgIpc) is 2.84. The molecule has 7 rings (SSSR count). The number of nitrogens with zero attached hydrogens (tertiary/aromatic N) is 2. The number of pyridine rings is 2. The maximum absolute atomic E-state index is 10.0. The summed E-state index contributed by atoms with van der Waals surface area (Å²) in [6.07, 6.45) is 9.67. The summed E-state index contributed by atoms with van der Waals surface area (Å²) in [4.78, 5) is 4.79. The average molecular weight is 506 g/mol. The third-order valence-electron chi connectivity index (χ3n) is 10.8. The molecule has 4 aromatic rings. The van der Waals surface area contributed by atoms with E-state index in [2.05, 4.69) is 103 Å². The van der Waals surface area contributed by atoms with Gasteiger partial charge in [0.2, 0.25) is 5.69 Å². The van der Waals surface area contributed by atoms with Crippen molar-refractivity contribution in [1.29, 1.82) is 0 Å². The molecule has 38 heavy (non-hydrogen) atoms. The smallest absolute Gasteiger partial charge is 0.218 e. The zero-order valence-corrected chi connectivity index (χ0v) is 24.3. The van der Waals surface area contributed by atoms with E-state index >= 15 is 0 Å². The number of benzene rings is 2. The van der Waals surface area contributed by atoms with Gasteiger partial charge in [-0.2, -0.15) is 4.57 Å². The van der Waals surface area contributed by atoms with E-state index in [1.54, 1.807) is 0 Å². The Morgan fingerprint density at radius 2 is 1.79 bits per heavy atom. The summed E-state index contributed by atoms with van der Waals surface area (Å²) < 4.78 is 2.67. The second-order valence-corrected chi connectivity index (χ2v) is 14.6. The number of fused-ring (bicyclic) bond motifs is 5. The highest BCUT2D eigenvalue weighted by Crippen LogP contribution is 2.66. The molecule has 1 fully saturated rings. The highest BCUT2D eigenvalue weighted by Gasteiger charge is 2.71. The topological polar surface area (TPSA) is 37.0 Å². The first-order valence-electron chi connectivity index (χ1n) is 14.4. The molecule has 0 radical (unpaired) electrons. The minimum Gasteiger partial charge on any atom is -0.396 e. The van der Waals surface area contributed by atoms with E-state index in [1.807, 2.05) is 0 Å². The highest BCUT2D eigenvalue weighted by molar-refractivity contribution is 6.07. The fraction of sp³-hybridized carbons (Fsp3) is 0.486. The molecule has 0 saturated heterocycles. The van der Waals surface area contributed by atoms with E-state index in [0.717, 1.165) is 19.3 Å². The summed E-state index contributed by atoms with van der Waals surface area (Å²) in [6.45, 7) is 19.2. The number of aromatic nitrogens is 2. The fourth-order valence-corrected chi connectivity index (χ4v) is 8.78. The van der Waals surface area contributed by atoms with Crippen LogP contribution < -0.4 is 4.57 Å². The molecular weight excluding hydrogens is 464 g/mol. The molecule has 2 aromatic carbocycles. The van der Waals surface area contributed by atoms with Gasteiger partial charge in [-0.1, -0.05) is 52.8 Å². The van der Waals surface area contributed by atoms with Crippen molar-refractivity contribution >= 4 is 21.5 Å². The molecule has 0 bridgehead atoms. The number of aliphatic hydroxyl groups excluding tert-OH is 1. The van der Waals surface area contributed by atoms with E-state index in [1.165, 1.54) is 60.6 Å². The molecule has 3 heterocycles. The Bertz CT molecular complexity index is 1690. The Labute approximate surface area is 226 Å². The maximum Gasteiger partial charge on any atom is 0.218 e. The van der Waals surface area contributed by atoms with Gasteiger partial charge >= 0.3 is 0 Å². The monoisotopic (exact) mass is 505 g/mol. The zero-order chi connectivity index (χ0) is 27.0. The molecule has 196 valence electrons. The summed E-state index contributed by atoms with van der Waals surface area (Å²) in [6, 6.07) is 9.65. The lowest BCUT2D eigenvalue weighted by molar-refractivity contribution is -0.781. The van der Waals surface area contributed by atoms with Crippen LogP contribution in [0.3, 0.4) is 0 Å². The van der Waals surface area contributed by atoms with Crippen LogP contribution in [0, 0.1) is 18.3 Å². The van der Waals surface area contributed by atoms with Gasteiger partial charge in [-0.3, -0.25) is 4.98 Å². The largest absolute Gasteiger partial charge is 0.396 e. The standard InChI is InChI=1S/C35H41N2O/c1-20-13-26-29-28-25(20)17-36-18-27(28)33(5,6)30-24-14-21(15-32(2,3)4)9-10-22(24)19-37(31(29)30)34(7)16-23(11-12-38)35(26,34)8/h9-10,13-14,17-19,23,38H,11-12,15-16H2,1-8H3/q+1. The van der Waals surface area contributed by atoms with Crippen molar-refractivity contribution in [3.63, 3.8) is 0 Å². The maximum atomic E-state index is 10.0. The van der Waals surface area contributed by atoms with Gasteiger partial charge in [0.25, 0.3) is 0 Å². The van der Waals surface area contributed by atoms with Crippen LogP contribution in [0.5, 0.6) is 0 Å². The first kappa shape index (κ1) is 24.3. The first-order valence-corrected chi connectivity index (χ1v) is 14.4. The molecule has 3 heteroatoms. The third-order valence-corrected chi connectivity index (χ3v) is 10.8. The summed E-state index contributed by atoms with van der Waals surface area (Å²) in [5.41, 5.74) is 9.80. The Kier molecular flexibility index (Phi) is 4.63. The summed E-state index contributed by atoms with van der Waals surface area (Å²) in [5.74, 6) is 0.458. The van der Waals surface area contributed by atoms with Crippen LogP contribution in [0.15, 0.2) is 42.9 Å². The second-order valence-electron chi connectivity index (χ2n) is 14.6. The van der Waals surface area contributed by atoms with Crippen LogP contribution in [0.2, 0.25) is 0 Å². The Hall–Kier alpha value is -2.78. The lowest BCUT2D eigenvalue weighted by atomic mass is 9.43. The number of aryl methyl sites for hydroxylation is 1. The van der Waals surface area contributed by atoms with Gasteiger partial charge in [0.05, 0.1) is 11.0 Å². The SMILES string of the molecule is Cc1cc2c3c4c(cncc14)C(C)(C)c1c-3[n+](cc3ccc(CC(C)(C)C)cc13)C1(C)CC(CCO)C21C. The van der Waals surface area contributed by atoms with Crippen molar-refractivity contribution in [1.82, 2.24) is 4.98 Å². The van der Waals surface area contributed by atoms with Gasteiger partial charge < -0.3 is 5.11 Å². The fourth-order valence-electron chi connectivity index (χ4n) is 8.78. The Morgan fingerprint density at radius 3 is 2.50 bits per heavy atom. The van der Waals surface area contributed by atoms with Crippen LogP contribution >= 0.6 is 0 Å². The molecule has 3 nitrogen and oxygen atoms in total. The van der Waals surface area contributed by atoms with Crippen molar-refractivity contribution < 1.29 is 9.67 Å². The van der Waals surface area contributed by atoms with Gasteiger partial charge in [-0.05, 0) is 71.7 Å². The molecule has 2 aliphatic carbocycles. The van der Waals surface area contributed by atoms with Gasteiger partial charge in [-0.15, -0.1) is 0 Å². The van der Waals surface area contributed by atoms with E-state index in [9.17, 15) is 5.11 Å². The molecule has 0 spiro atoms. The van der Waals surface area contributed by atoms with E-state index in [4.69, 9.17) is 4.98 Å². The van der Waals surface area contributed by atoms with Crippen LogP contribution in [-0.2, 0) is 22.8 Å². The van der Waals surface area contributed by atoms with Crippen molar-refractivity contribution in [2.45, 2.75) is 91.0 Å². The van der Waals surface area contributed by atoms with Crippen molar-refractivity contribution in [3.8, 4) is 11.3 Å². The molecule has 3 atom stereocenters. The minimum atomic E-state index is -0.181. The third kappa shape index (κ3) is 2.74. The first-order chi connectivity index (χ1) is 17.8. The summed E-state index contributed by atoms with van der Waals surface area (Å²) in [7, 11) is 0. The van der Waals surface area contributed by atoms with E-state index in [0.29, 0.717) is 5.92 Å². The molecule has 1 saturated carbocycles. The summed E-state index contributed by atoms with van der Waals surface area (Å²) in [5, 5.41) is 15.4. The van der Waals surface area contributed by atoms with E-state index < -0.39 is 0 Å². The Morgan fingerprint density at radius 1 is 1.03 bits per heavy atom. The van der Waals surface area contributed by atoms with Crippen molar-refractivity contribution in [3.05, 3.63) is 70.7 Å². The van der Waals surface area contributed by atoms with Crippen LogP contribution in [0.25, 0.3) is 32.8 Å². The molecule has 3 aliphatic rings. The van der Waals surface area contributed by atoms with Crippen molar-refractivity contribution in [2.75, 3.05) is 6.61 Å². The van der Waals surface area contributed by atoms with Gasteiger partial charge in [-0.25, -0.2) is 0 Å². The normalized spacial score (nSPS) is 26.4. The van der Waals surface area contributed by atoms with Crippen molar-refractivity contribution in [2.24, 2.45) is 11.3 Å². The zero-order valence-electron chi connectivity index (χ0n) is 24.3. The molecule has 2 aromatic heterocycles. The van der Waals surface area contributed by atoms with Gasteiger partial charge in [0, 0.05) is 59.5 Å². The quantitative estimate of drug-likeness (QED) is 0.297.